The van der Waals surface area contributed by atoms with Crippen LogP contribution in [-0.2, 0) is 19.9 Å². The third-order valence-electron chi connectivity index (χ3n) is 5.36. The number of sulfonamides is 1. The van der Waals surface area contributed by atoms with Gasteiger partial charge in [-0.1, -0.05) is 0 Å². The molecule has 28 heavy (non-hydrogen) atoms. The second-order valence-electron chi connectivity index (χ2n) is 7.77. The van der Waals surface area contributed by atoms with E-state index in [1.54, 1.807) is 32.6 Å². The van der Waals surface area contributed by atoms with Crippen LogP contribution in [0.2, 0.25) is 0 Å². The number of hydrogen-bond acceptors (Lipinski definition) is 5. The minimum absolute atomic E-state index is 0.141. The Morgan fingerprint density at radius 3 is 1.93 bits per heavy atom. The topological polar surface area (TPSA) is 91.8 Å². The van der Waals surface area contributed by atoms with Gasteiger partial charge in [0.1, 0.15) is 0 Å². The maximum absolute atomic E-state index is 12.7. The average Bonchev–Trinajstić information content (AvgIpc) is 2.66. The molecule has 0 aliphatic carbocycles. The Bertz CT molecular complexity index is 898. The van der Waals surface area contributed by atoms with Crippen LogP contribution >= 0.6 is 0 Å². The van der Waals surface area contributed by atoms with Gasteiger partial charge in [0.15, 0.2) is 9.84 Å². The van der Waals surface area contributed by atoms with Crippen LogP contribution in [0.15, 0.2) is 29.2 Å². The highest BCUT2D eigenvalue weighted by atomic mass is 32.2. The molecule has 1 saturated heterocycles. The second-order valence-corrected chi connectivity index (χ2v) is 12.6. The van der Waals surface area contributed by atoms with Crippen molar-refractivity contribution in [1.29, 1.82) is 0 Å². The summed E-state index contributed by atoms with van der Waals surface area (Å²) in [6, 6.07) is 5.74. The number of carbonyl (C=O) groups excluding carboxylic acids is 1. The van der Waals surface area contributed by atoms with E-state index in [0.717, 1.165) is 0 Å². The molecule has 0 spiro atoms. The summed E-state index contributed by atoms with van der Waals surface area (Å²) in [5.74, 6) is -0.207. The van der Waals surface area contributed by atoms with Gasteiger partial charge in [-0.05, 0) is 64.8 Å². The Balaban J connectivity index is 2.09. The Kier molecular flexibility index (Phi) is 6.94. The van der Waals surface area contributed by atoms with Gasteiger partial charge < -0.3 is 4.90 Å². The molecule has 1 aliphatic heterocycles. The Morgan fingerprint density at radius 2 is 1.50 bits per heavy atom. The molecule has 1 heterocycles. The van der Waals surface area contributed by atoms with Crippen LogP contribution in [0.1, 0.15) is 50.9 Å². The molecule has 1 aromatic rings. The molecule has 1 aromatic carbocycles. The zero-order valence-corrected chi connectivity index (χ0v) is 18.8. The van der Waals surface area contributed by atoms with Gasteiger partial charge in [-0.15, -0.1) is 0 Å². The van der Waals surface area contributed by atoms with Gasteiger partial charge in [0.25, 0.3) is 5.91 Å². The second kappa shape index (κ2) is 8.51. The number of amides is 1. The Hall–Kier alpha value is -1.45. The normalized spacial score (nSPS) is 16.9. The van der Waals surface area contributed by atoms with Crippen LogP contribution in [0.4, 0.5) is 0 Å². The van der Waals surface area contributed by atoms with Gasteiger partial charge in [0.05, 0.1) is 15.4 Å². The molecule has 2 rings (SSSR count). The number of piperidine rings is 1. The molecule has 1 amide bonds. The lowest BCUT2D eigenvalue weighted by molar-refractivity contribution is 0.0725. The summed E-state index contributed by atoms with van der Waals surface area (Å²) in [6.07, 6.45) is 0.857. The van der Waals surface area contributed by atoms with E-state index < -0.39 is 30.4 Å². The number of hydrogen-bond donors (Lipinski definition) is 0. The lowest BCUT2D eigenvalue weighted by Crippen LogP contribution is -2.44. The summed E-state index contributed by atoms with van der Waals surface area (Å²) < 4.78 is 50.9. The first-order valence-corrected chi connectivity index (χ1v) is 12.5. The molecule has 0 radical (unpaired) electrons. The summed E-state index contributed by atoms with van der Waals surface area (Å²) in [4.78, 5) is 14.5. The van der Waals surface area contributed by atoms with Crippen LogP contribution in [-0.4, -0.2) is 68.6 Å². The number of benzene rings is 1. The maximum Gasteiger partial charge on any atom is 0.253 e. The minimum atomic E-state index is -3.60. The fourth-order valence-corrected chi connectivity index (χ4v) is 6.17. The lowest BCUT2D eigenvalue weighted by atomic mass is 10.1. The average molecular weight is 431 g/mol. The van der Waals surface area contributed by atoms with E-state index in [-0.39, 0.29) is 16.8 Å². The predicted molar refractivity (Wildman–Crippen MR) is 110 cm³/mol. The fourth-order valence-electron chi connectivity index (χ4n) is 3.17. The highest BCUT2D eigenvalue weighted by molar-refractivity contribution is 7.92. The van der Waals surface area contributed by atoms with E-state index in [0.29, 0.717) is 31.5 Å². The summed E-state index contributed by atoms with van der Waals surface area (Å²) in [5.41, 5.74) is 0.399. The zero-order chi connectivity index (χ0) is 21.3. The van der Waals surface area contributed by atoms with Crippen molar-refractivity contribution in [3.05, 3.63) is 29.8 Å². The quantitative estimate of drug-likeness (QED) is 0.689. The Labute approximate surface area is 168 Å². The summed E-state index contributed by atoms with van der Waals surface area (Å²) in [5, 5.41) is -0.825. The molecule has 0 atom stereocenters. The SMILES string of the molecule is CC(C)N(C)S(=O)(=O)c1ccc(C(=O)N2CCC(S(=O)(=O)C(C)C)CC2)cc1. The minimum Gasteiger partial charge on any atom is -0.339 e. The van der Waals surface area contributed by atoms with Gasteiger partial charge in [0.2, 0.25) is 10.0 Å². The van der Waals surface area contributed by atoms with Crippen LogP contribution in [0.5, 0.6) is 0 Å². The van der Waals surface area contributed by atoms with Crippen molar-refractivity contribution < 1.29 is 21.6 Å². The van der Waals surface area contributed by atoms with Gasteiger partial charge in [-0.2, -0.15) is 4.31 Å². The summed E-state index contributed by atoms with van der Waals surface area (Å²) >= 11 is 0. The molecule has 0 saturated carbocycles. The fraction of sp³-hybridized carbons (Fsp3) is 0.632. The first-order valence-electron chi connectivity index (χ1n) is 9.49. The third kappa shape index (κ3) is 4.58. The summed E-state index contributed by atoms with van der Waals surface area (Å²) in [7, 11) is -5.23. The molecule has 0 aromatic heterocycles. The highest BCUT2D eigenvalue weighted by Gasteiger charge is 2.33. The van der Waals surface area contributed by atoms with Crippen LogP contribution in [0, 0.1) is 0 Å². The van der Waals surface area contributed by atoms with Gasteiger partial charge in [-0.25, -0.2) is 16.8 Å². The van der Waals surface area contributed by atoms with Crippen molar-refractivity contribution >= 4 is 25.8 Å². The number of carbonyl (C=O) groups is 1. The molecule has 0 bridgehead atoms. The van der Waals surface area contributed by atoms with E-state index in [1.165, 1.54) is 35.6 Å². The molecule has 9 heteroatoms. The number of rotatable bonds is 6. The molecular weight excluding hydrogens is 400 g/mol. The van der Waals surface area contributed by atoms with Crippen LogP contribution in [0.3, 0.4) is 0 Å². The van der Waals surface area contributed by atoms with Gasteiger partial charge in [0, 0.05) is 31.7 Å². The molecule has 1 aliphatic rings. The van der Waals surface area contributed by atoms with Crippen molar-refractivity contribution in [2.24, 2.45) is 0 Å². The van der Waals surface area contributed by atoms with Crippen molar-refractivity contribution in [2.45, 2.75) is 62.0 Å². The monoisotopic (exact) mass is 430 g/mol. The van der Waals surface area contributed by atoms with E-state index in [9.17, 15) is 21.6 Å². The predicted octanol–water partition coefficient (Wildman–Crippen LogP) is 2.14. The number of sulfone groups is 1. The maximum atomic E-state index is 12.7. The van der Waals surface area contributed by atoms with Crippen molar-refractivity contribution in [3.8, 4) is 0 Å². The smallest absolute Gasteiger partial charge is 0.253 e. The standard InChI is InChI=1S/C19H30N2O5S2/c1-14(2)20(5)28(25,26)18-8-6-16(7-9-18)19(22)21-12-10-17(11-13-21)27(23,24)15(3)4/h6-9,14-15,17H,10-13H2,1-5H3. The van der Waals surface area contributed by atoms with E-state index >= 15 is 0 Å². The van der Waals surface area contributed by atoms with Crippen LogP contribution < -0.4 is 0 Å². The van der Waals surface area contributed by atoms with E-state index in [4.69, 9.17) is 0 Å². The van der Waals surface area contributed by atoms with E-state index in [1.807, 2.05) is 0 Å². The largest absolute Gasteiger partial charge is 0.339 e. The molecular formula is C19H30N2O5S2. The number of nitrogens with zero attached hydrogens (tertiary/aromatic N) is 2. The molecule has 0 N–H and O–H groups in total. The lowest BCUT2D eigenvalue weighted by Gasteiger charge is -2.32. The number of likely N-dealkylation sites (tertiary alicyclic amines) is 1. The van der Waals surface area contributed by atoms with Crippen LogP contribution in [0.25, 0.3) is 0 Å². The first kappa shape index (κ1) is 22.8. The molecule has 158 valence electrons. The van der Waals surface area contributed by atoms with Crippen molar-refractivity contribution in [2.75, 3.05) is 20.1 Å². The molecule has 1 fully saturated rings. The highest BCUT2D eigenvalue weighted by Crippen LogP contribution is 2.23. The third-order valence-corrected chi connectivity index (χ3v) is 10.1. The summed E-state index contributed by atoms with van der Waals surface area (Å²) in [6.45, 7) is 7.70. The van der Waals surface area contributed by atoms with Crippen molar-refractivity contribution in [3.63, 3.8) is 0 Å². The first-order chi connectivity index (χ1) is 12.9. The molecule has 7 nitrogen and oxygen atoms in total. The zero-order valence-electron chi connectivity index (χ0n) is 17.1. The van der Waals surface area contributed by atoms with Gasteiger partial charge in [-0.3, -0.25) is 4.79 Å². The van der Waals surface area contributed by atoms with Crippen molar-refractivity contribution in [1.82, 2.24) is 9.21 Å². The Morgan fingerprint density at radius 1 is 1.00 bits per heavy atom. The van der Waals surface area contributed by atoms with Gasteiger partial charge >= 0.3 is 0 Å². The molecule has 0 unspecified atom stereocenters. The van der Waals surface area contributed by atoms with E-state index in [2.05, 4.69) is 0 Å².